The molecule has 31 heavy (non-hydrogen) atoms. The van der Waals surface area contributed by atoms with Gasteiger partial charge >= 0.3 is 11.9 Å². The fourth-order valence-electron chi connectivity index (χ4n) is 5.20. The third kappa shape index (κ3) is 5.70. The second-order valence-corrected chi connectivity index (χ2v) is 11.6. The minimum absolute atomic E-state index is 0.0568. The summed E-state index contributed by atoms with van der Waals surface area (Å²) < 4.78 is 12.6. The van der Waals surface area contributed by atoms with Crippen LogP contribution in [0.2, 0.25) is 0 Å². The molecule has 0 spiro atoms. The monoisotopic (exact) mass is 462 g/mol. The molecule has 0 saturated heterocycles. The van der Waals surface area contributed by atoms with Crippen LogP contribution in [-0.2, 0) is 20.7 Å². The minimum Gasteiger partial charge on any atom is -0.462 e. The minimum atomic E-state index is -0.146. The highest BCUT2D eigenvalue weighted by molar-refractivity contribution is 7.39. The molecule has 0 amide bonds. The van der Waals surface area contributed by atoms with Gasteiger partial charge in [0.25, 0.3) is 0 Å². The van der Waals surface area contributed by atoms with E-state index in [1.165, 1.54) is 14.3 Å². The largest absolute Gasteiger partial charge is 0.462 e. The smallest absolute Gasteiger partial charge is 0.348 e. The van der Waals surface area contributed by atoms with E-state index in [1.807, 2.05) is 24.3 Å². The molecule has 170 valence electrons. The van der Waals surface area contributed by atoms with Gasteiger partial charge in [0.15, 0.2) is 0 Å². The molecule has 0 radical (unpaired) electrons. The summed E-state index contributed by atoms with van der Waals surface area (Å²) in [5, 5.41) is 1.19. The number of hydrogen-bond acceptors (Lipinski definition) is 6. The molecule has 6 heteroatoms. The summed E-state index contributed by atoms with van der Waals surface area (Å²) in [4.78, 5) is 26.3. The molecule has 4 nitrogen and oxygen atoms in total. The SMILES string of the molecule is CCCc1cc2cc(C(=O)O[C@H]3CC[C@H]([C@H]4CC[C@H](OC(=O)CC)CC4)CC3)sc2s1. The van der Waals surface area contributed by atoms with Crippen molar-refractivity contribution >= 4 is 44.0 Å². The Balaban J connectivity index is 1.22. The van der Waals surface area contributed by atoms with E-state index < -0.39 is 0 Å². The number of hydrogen-bond donors (Lipinski definition) is 0. The number of ether oxygens (including phenoxy) is 2. The first-order chi connectivity index (χ1) is 15.1. The molecule has 2 aliphatic carbocycles. The highest BCUT2D eigenvalue weighted by Gasteiger charge is 2.33. The van der Waals surface area contributed by atoms with Crippen LogP contribution in [0, 0.1) is 11.8 Å². The first-order valence-corrected chi connectivity index (χ1v) is 13.6. The summed E-state index contributed by atoms with van der Waals surface area (Å²) in [6.45, 7) is 4.05. The van der Waals surface area contributed by atoms with Crippen LogP contribution in [0.3, 0.4) is 0 Å². The second kappa shape index (κ2) is 10.5. The van der Waals surface area contributed by atoms with Crippen LogP contribution in [0.25, 0.3) is 9.40 Å². The number of carbonyl (C=O) groups excluding carboxylic acids is 2. The lowest BCUT2D eigenvalue weighted by Gasteiger charge is -2.37. The van der Waals surface area contributed by atoms with E-state index in [9.17, 15) is 9.59 Å². The van der Waals surface area contributed by atoms with Gasteiger partial charge in [-0.15, -0.1) is 22.7 Å². The van der Waals surface area contributed by atoms with Crippen LogP contribution in [-0.4, -0.2) is 24.1 Å². The van der Waals surface area contributed by atoms with Gasteiger partial charge in [0, 0.05) is 16.7 Å². The summed E-state index contributed by atoms with van der Waals surface area (Å²) in [6.07, 6.45) is 11.5. The molecule has 2 heterocycles. The Labute approximate surface area is 193 Å². The van der Waals surface area contributed by atoms with Crippen molar-refractivity contribution in [2.45, 2.75) is 96.7 Å². The van der Waals surface area contributed by atoms with Gasteiger partial charge in [0.05, 0.1) is 4.01 Å². The Kier molecular flexibility index (Phi) is 7.70. The molecule has 2 aromatic rings. The highest BCUT2D eigenvalue weighted by Crippen LogP contribution is 2.40. The highest BCUT2D eigenvalue weighted by atomic mass is 32.2. The number of thiophene rings is 2. The molecule has 0 unspecified atom stereocenters. The van der Waals surface area contributed by atoms with Gasteiger partial charge in [0.1, 0.15) is 17.1 Å². The van der Waals surface area contributed by atoms with E-state index in [2.05, 4.69) is 13.0 Å². The number of carbonyl (C=O) groups is 2. The average Bonchev–Trinajstić information content (AvgIpc) is 3.34. The molecule has 0 aromatic carbocycles. The number of esters is 2. The molecule has 2 saturated carbocycles. The summed E-state index contributed by atoms with van der Waals surface area (Å²) in [5.41, 5.74) is 0. The van der Waals surface area contributed by atoms with Crippen LogP contribution in [0.1, 0.15) is 92.6 Å². The van der Waals surface area contributed by atoms with Gasteiger partial charge in [-0.25, -0.2) is 4.79 Å². The van der Waals surface area contributed by atoms with Crippen molar-refractivity contribution in [2.24, 2.45) is 11.8 Å². The second-order valence-electron chi connectivity index (χ2n) is 9.14. The number of fused-ring (bicyclic) bond motifs is 1. The number of aryl methyl sites for hydroxylation is 1. The van der Waals surface area contributed by atoms with Gasteiger partial charge in [-0.2, -0.15) is 0 Å². The van der Waals surface area contributed by atoms with Gasteiger partial charge in [-0.3, -0.25) is 4.79 Å². The summed E-state index contributed by atoms with van der Waals surface area (Å²) in [7, 11) is 0. The summed E-state index contributed by atoms with van der Waals surface area (Å²) >= 11 is 3.39. The van der Waals surface area contributed by atoms with Crippen molar-refractivity contribution in [1.29, 1.82) is 0 Å². The third-order valence-corrected chi connectivity index (χ3v) is 9.36. The molecular weight excluding hydrogens is 428 g/mol. The predicted molar refractivity (Wildman–Crippen MR) is 127 cm³/mol. The molecule has 2 aromatic heterocycles. The maximum Gasteiger partial charge on any atom is 0.348 e. The Bertz CT molecular complexity index is 851. The maximum absolute atomic E-state index is 12.7. The van der Waals surface area contributed by atoms with Crippen LogP contribution in [0.15, 0.2) is 12.1 Å². The van der Waals surface area contributed by atoms with E-state index in [0.29, 0.717) is 6.42 Å². The Morgan fingerprint density at radius 3 is 2.03 bits per heavy atom. The quantitative estimate of drug-likeness (QED) is 0.410. The van der Waals surface area contributed by atoms with Crippen molar-refractivity contribution in [1.82, 2.24) is 0 Å². The fraction of sp³-hybridized carbons (Fsp3) is 0.680. The Morgan fingerprint density at radius 1 is 0.871 bits per heavy atom. The average molecular weight is 463 g/mol. The van der Waals surface area contributed by atoms with Crippen molar-refractivity contribution in [3.63, 3.8) is 0 Å². The normalized spacial score (nSPS) is 26.6. The predicted octanol–water partition coefficient (Wildman–Crippen LogP) is 7.14. The standard InChI is InChI=1S/C25H34O4S2/c1-3-5-21-14-18-15-22(31-25(18)30-21)24(27)29-20-12-8-17(9-13-20)16-6-10-19(11-7-16)28-23(26)4-2/h14-17,19-20H,3-13H2,1-2H3/t16-,17-,19-,20-. The maximum atomic E-state index is 12.7. The summed E-state index contributed by atoms with van der Waals surface area (Å²) in [6, 6.07) is 4.23. The topological polar surface area (TPSA) is 52.6 Å². The zero-order valence-corrected chi connectivity index (χ0v) is 20.3. The molecule has 4 rings (SSSR count). The molecule has 0 bridgehead atoms. The molecule has 0 aliphatic heterocycles. The lowest BCUT2D eigenvalue weighted by atomic mass is 9.72. The Morgan fingerprint density at radius 2 is 1.48 bits per heavy atom. The van der Waals surface area contributed by atoms with E-state index in [4.69, 9.17) is 9.47 Å². The van der Waals surface area contributed by atoms with Crippen LogP contribution < -0.4 is 0 Å². The molecule has 0 atom stereocenters. The molecule has 0 N–H and O–H groups in total. The third-order valence-electron chi connectivity index (χ3n) is 6.93. The zero-order valence-electron chi connectivity index (χ0n) is 18.7. The van der Waals surface area contributed by atoms with Crippen molar-refractivity contribution in [3.8, 4) is 0 Å². The lowest BCUT2D eigenvalue weighted by Crippen LogP contribution is -2.31. The first-order valence-electron chi connectivity index (χ1n) is 12.0. The van der Waals surface area contributed by atoms with Crippen LogP contribution in [0.4, 0.5) is 0 Å². The van der Waals surface area contributed by atoms with Crippen molar-refractivity contribution < 1.29 is 19.1 Å². The molecule has 2 fully saturated rings. The van der Waals surface area contributed by atoms with Crippen molar-refractivity contribution in [3.05, 3.63) is 21.9 Å². The van der Waals surface area contributed by atoms with Crippen LogP contribution in [0.5, 0.6) is 0 Å². The van der Waals surface area contributed by atoms with E-state index >= 15 is 0 Å². The van der Waals surface area contributed by atoms with Crippen molar-refractivity contribution in [2.75, 3.05) is 0 Å². The molecular formula is C25H34O4S2. The van der Waals surface area contributed by atoms with E-state index in [-0.39, 0.29) is 24.1 Å². The fourth-order valence-corrected chi connectivity index (χ4v) is 7.67. The number of rotatable bonds is 7. The van der Waals surface area contributed by atoms with Gasteiger partial charge < -0.3 is 9.47 Å². The first kappa shape index (κ1) is 22.8. The van der Waals surface area contributed by atoms with E-state index in [1.54, 1.807) is 11.3 Å². The van der Waals surface area contributed by atoms with Crippen LogP contribution >= 0.6 is 22.7 Å². The van der Waals surface area contributed by atoms with Gasteiger partial charge in [-0.05, 0) is 81.8 Å². The van der Waals surface area contributed by atoms with Gasteiger partial charge in [0.2, 0.25) is 0 Å². The van der Waals surface area contributed by atoms with Gasteiger partial charge in [-0.1, -0.05) is 20.3 Å². The summed E-state index contributed by atoms with van der Waals surface area (Å²) in [5.74, 6) is 1.24. The lowest BCUT2D eigenvalue weighted by molar-refractivity contribution is -0.150. The Hall–Kier alpha value is -1.40. The molecule has 2 aliphatic rings. The zero-order chi connectivity index (χ0) is 21.8. The van der Waals surface area contributed by atoms with E-state index in [0.717, 1.165) is 80.9 Å².